The molecule has 6 nitrogen and oxygen atoms in total. The fourth-order valence-corrected chi connectivity index (χ4v) is 3.61. The molecule has 6 heteroatoms. The van der Waals surface area contributed by atoms with Gasteiger partial charge in [-0.3, -0.25) is 4.79 Å². The van der Waals surface area contributed by atoms with Gasteiger partial charge >= 0.3 is 5.97 Å². The number of aromatic nitrogens is 3. The quantitative estimate of drug-likeness (QED) is 0.509. The number of aromatic amines is 1. The van der Waals surface area contributed by atoms with Crippen LogP contribution in [0.15, 0.2) is 36.5 Å². The second-order valence-electron chi connectivity index (χ2n) is 8.95. The third kappa shape index (κ3) is 4.32. The second kappa shape index (κ2) is 7.59. The Balaban J connectivity index is 1.54. The molecule has 0 bridgehead atoms. The Morgan fingerprint density at radius 3 is 2.66 bits per heavy atom. The van der Waals surface area contributed by atoms with E-state index >= 15 is 0 Å². The van der Waals surface area contributed by atoms with Crippen molar-refractivity contribution in [3.05, 3.63) is 42.4 Å². The molecule has 3 heterocycles. The first-order valence-corrected chi connectivity index (χ1v) is 10.2. The molecule has 2 N–H and O–H groups in total. The first kappa shape index (κ1) is 19.6. The number of carbonyl (C=O) groups is 1. The molecule has 1 aromatic carbocycles. The van der Waals surface area contributed by atoms with Gasteiger partial charge in [0, 0.05) is 17.7 Å². The van der Waals surface area contributed by atoms with Crippen LogP contribution < -0.4 is 10.1 Å². The number of nitrogens with zero attached hydrogens (tertiary/aromatic N) is 2. The van der Waals surface area contributed by atoms with Gasteiger partial charge in [0.15, 0.2) is 0 Å². The summed E-state index contributed by atoms with van der Waals surface area (Å²) in [7, 11) is 0. The van der Waals surface area contributed by atoms with Crippen LogP contribution in [0.25, 0.3) is 22.3 Å². The second-order valence-corrected chi connectivity index (χ2v) is 8.95. The lowest BCUT2D eigenvalue weighted by molar-refractivity contribution is -0.142. The Bertz CT molecular complexity index is 1020. The van der Waals surface area contributed by atoms with E-state index in [2.05, 4.69) is 28.3 Å². The molecule has 1 aliphatic heterocycles. The van der Waals surface area contributed by atoms with E-state index in [0.717, 1.165) is 47.5 Å². The lowest BCUT2D eigenvalue weighted by Gasteiger charge is -2.26. The molecule has 3 aromatic rings. The van der Waals surface area contributed by atoms with Gasteiger partial charge in [0.1, 0.15) is 11.6 Å². The number of esters is 1. The van der Waals surface area contributed by atoms with Crippen molar-refractivity contribution in [1.29, 1.82) is 0 Å². The molecule has 1 aliphatic rings. The van der Waals surface area contributed by atoms with Gasteiger partial charge in [-0.05, 0) is 83.0 Å². The first-order chi connectivity index (χ1) is 13.8. The maximum absolute atomic E-state index is 12.0. The molecule has 4 rings (SSSR count). The van der Waals surface area contributed by atoms with Gasteiger partial charge in [-0.15, -0.1) is 0 Å². The number of carbonyl (C=O) groups excluding carboxylic acids is 1. The highest BCUT2D eigenvalue weighted by molar-refractivity contribution is 5.82. The molecule has 0 spiro atoms. The lowest BCUT2D eigenvalue weighted by atomic mass is 9.92. The molecule has 2 atom stereocenters. The number of fused-ring (bicyclic) bond motifs is 1. The van der Waals surface area contributed by atoms with E-state index in [0.29, 0.717) is 17.7 Å². The topological polar surface area (TPSA) is 79.9 Å². The van der Waals surface area contributed by atoms with Gasteiger partial charge in [0.2, 0.25) is 0 Å². The molecular formula is C23H28N4O2. The van der Waals surface area contributed by atoms with Gasteiger partial charge < -0.3 is 15.0 Å². The summed E-state index contributed by atoms with van der Waals surface area (Å²) in [4.78, 5) is 24.9. The SMILES string of the molecule is CC1CC(c2ncc3[nH]c(-c4ccc(OC(=O)C(C)(C)C)cc4)cc3n2)CCN1. The normalized spacial score (nSPS) is 20.0. The molecule has 152 valence electrons. The van der Waals surface area contributed by atoms with Crippen LogP contribution >= 0.6 is 0 Å². The molecule has 0 saturated carbocycles. The van der Waals surface area contributed by atoms with E-state index in [1.54, 1.807) is 0 Å². The minimum atomic E-state index is -0.529. The molecule has 2 unspecified atom stereocenters. The number of hydrogen-bond donors (Lipinski definition) is 2. The summed E-state index contributed by atoms with van der Waals surface area (Å²) < 4.78 is 5.44. The number of piperidine rings is 1. The van der Waals surface area contributed by atoms with Crippen molar-refractivity contribution in [3.63, 3.8) is 0 Å². The molecule has 2 aromatic heterocycles. The maximum atomic E-state index is 12.0. The van der Waals surface area contributed by atoms with Crippen LogP contribution in [0.3, 0.4) is 0 Å². The van der Waals surface area contributed by atoms with Crippen molar-refractivity contribution in [1.82, 2.24) is 20.3 Å². The standard InChI is InChI=1S/C23H28N4O2/c1-14-11-16(9-10-24-14)21-25-13-20-19(27-21)12-18(26-20)15-5-7-17(8-6-15)29-22(28)23(2,3)4/h5-8,12-14,16,24,26H,9-11H2,1-4H3. The summed E-state index contributed by atoms with van der Waals surface area (Å²) in [6.45, 7) is 8.75. The Morgan fingerprint density at radius 1 is 1.21 bits per heavy atom. The van der Waals surface area contributed by atoms with Crippen LogP contribution in [-0.2, 0) is 4.79 Å². The minimum absolute atomic E-state index is 0.245. The number of nitrogens with one attached hydrogen (secondary N) is 2. The highest BCUT2D eigenvalue weighted by Gasteiger charge is 2.24. The van der Waals surface area contributed by atoms with Crippen molar-refractivity contribution in [2.75, 3.05) is 6.54 Å². The van der Waals surface area contributed by atoms with Crippen LogP contribution in [-0.4, -0.2) is 33.5 Å². The minimum Gasteiger partial charge on any atom is -0.426 e. The van der Waals surface area contributed by atoms with Gasteiger partial charge in [-0.1, -0.05) is 0 Å². The zero-order valence-corrected chi connectivity index (χ0v) is 17.5. The molecule has 1 fully saturated rings. The Labute approximate surface area is 171 Å². The van der Waals surface area contributed by atoms with Crippen LogP contribution in [0, 0.1) is 5.41 Å². The van der Waals surface area contributed by atoms with Crippen molar-refractivity contribution < 1.29 is 9.53 Å². The van der Waals surface area contributed by atoms with E-state index in [-0.39, 0.29) is 5.97 Å². The summed E-state index contributed by atoms with van der Waals surface area (Å²) in [5, 5.41) is 3.48. The smallest absolute Gasteiger partial charge is 0.316 e. The average molecular weight is 393 g/mol. The molecule has 0 radical (unpaired) electrons. The number of ether oxygens (including phenoxy) is 1. The monoisotopic (exact) mass is 392 g/mol. The Kier molecular flexibility index (Phi) is 5.13. The van der Waals surface area contributed by atoms with Gasteiger partial charge in [0.25, 0.3) is 0 Å². The summed E-state index contributed by atoms with van der Waals surface area (Å²) in [5.41, 5.74) is 3.31. The van der Waals surface area contributed by atoms with Crippen molar-refractivity contribution in [3.8, 4) is 17.0 Å². The lowest BCUT2D eigenvalue weighted by Crippen LogP contribution is -2.35. The van der Waals surface area contributed by atoms with Crippen molar-refractivity contribution in [2.24, 2.45) is 5.41 Å². The van der Waals surface area contributed by atoms with E-state index in [4.69, 9.17) is 9.72 Å². The fourth-order valence-electron chi connectivity index (χ4n) is 3.61. The summed E-state index contributed by atoms with van der Waals surface area (Å²) >= 11 is 0. The van der Waals surface area contributed by atoms with Gasteiger partial charge in [0.05, 0.1) is 22.6 Å². The molecule has 1 saturated heterocycles. The van der Waals surface area contributed by atoms with Crippen LogP contribution in [0.1, 0.15) is 52.3 Å². The van der Waals surface area contributed by atoms with Gasteiger partial charge in [-0.25, -0.2) is 9.97 Å². The average Bonchev–Trinajstić information content (AvgIpc) is 3.11. The zero-order chi connectivity index (χ0) is 20.6. The number of hydrogen-bond acceptors (Lipinski definition) is 5. The fraction of sp³-hybridized carbons (Fsp3) is 0.435. The molecule has 29 heavy (non-hydrogen) atoms. The van der Waals surface area contributed by atoms with E-state index in [9.17, 15) is 4.79 Å². The van der Waals surface area contributed by atoms with Crippen molar-refractivity contribution >= 4 is 17.0 Å². The third-order valence-electron chi connectivity index (χ3n) is 5.36. The highest BCUT2D eigenvalue weighted by atomic mass is 16.5. The molecular weight excluding hydrogens is 364 g/mol. The number of rotatable bonds is 3. The van der Waals surface area contributed by atoms with E-state index < -0.39 is 5.41 Å². The summed E-state index contributed by atoms with van der Waals surface area (Å²) in [6.07, 6.45) is 4.02. The third-order valence-corrected chi connectivity index (χ3v) is 5.36. The van der Waals surface area contributed by atoms with Crippen LogP contribution in [0.5, 0.6) is 5.75 Å². The predicted molar refractivity (Wildman–Crippen MR) is 114 cm³/mol. The van der Waals surface area contributed by atoms with E-state index in [1.165, 1.54) is 0 Å². The first-order valence-electron chi connectivity index (χ1n) is 10.2. The summed E-state index contributed by atoms with van der Waals surface area (Å²) in [6, 6.07) is 10.1. The molecule has 0 aliphatic carbocycles. The largest absolute Gasteiger partial charge is 0.426 e. The predicted octanol–water partition coefficient (Wildman–Crippen LogP) is 4.43. The Morgan fingerprint density at radius 2 is 1.97 bits per heavy atom. The zero-order valence-electron chi connectivity index (χ0n) is 17.5. The van der Waals surface area contributed by atoms with Crippen LogP contribution in [0.2, 0.25) is 0 Å². The van der Waals surface area contributed by atoms with E-state index in [1.807, 2.05) is 51.2 Å². The van der Waals surface area contributed by atoms with Gasteiger partial charge in [-0.2, -0.15) is 0 Å². The van der Waals surface area contributed by atoms with Crippen molar-refractivity contribution in [2.45, 2.75) is 52.5 Å². The maximum Gasteiger partial charge on any atom is 0.316 e. The Hall–Kier alpha value is -2.73. The molecule has 0 amide bonds. The highest BCUT2D eigenvalue weighted by Crippen LogP contribution is 2.29. The van der Waals surface area contributed by atoms with Crippen LogP contribution in [0.4, 0.5) is 0 Å². The number of benzene rings is 1. The summed E-state index contributed by atoms with van der Waals surface area (Å²) in [5.74, 6) is 1.64. The number of H-pyrrole nitrogens is 1.